The minimum Gasteiger partial charge on any atom is -0.467 e. The highest BCUT2D eigenvalue weighted by molar-refractivity contribution is 6.15. The minimum absolute atomic E-state index is 0.108. The maximum absolute atomic E-state index is 13.6. The number of aromatic nitrogens is 5. The van der Waals surface area contributed by atoms with Crippen LogP contribution in [-0.4, -0.2) is 79.7 Å². The Labute approximate surface area is 232 Å². The fraction of sp³-hybridized carbons (Fsp3) is 0.429. The third kappa shape index (κ3) is 5.08. The van der Waals surface area contributed by atoms with Crippen molar-refractivity contribution < 1.29 is 19.1 Å². The summed E-state index contributed by atoms with van der Waals surface area (Å²) in [5.74, 6) is -0.341. The van der Waals surface area contributed by atoms with Gasteiger partial charge in [-0.15, -0.1) is 5.10 Å². The van der Waals surface area contributed by atoms with Gasteiger partial charge < -0.3 is 19.7 Å². The van der Waals surface area contributed by atoms with Crippen LogP contribution in [0.2, 0.25) is 0 Å². The van der Waals surface area contributed by atoms with Crippen LogP contribution < -0.4 is 15.0 Å². The van der Waals surface area contributed by atoms with Crippen LogP contribution in [0.25, 0.3) is 21.9 Å². The number of rotatable bonds is 4. The van der Waals surface area contributed by atoms with E-state index in [1.165, 1.54) is 7.11 Å². The van der Waals surface area contributed by atoms with Crippen LogP contribution in [0.5, 0.6) is 6.01 Å². The topological polar surface area (TPSA) is 128 Å². The minimum atomic E-state index is -0.574. The van der Waals surface area contributed by atoms with Crippen molar-refractivity contribution in [2.45, 2.75) is 52.3 Å². The van der Waals surface area contributed by atoms with E-state index in [1.54, 1.807) is 35.0 Å². The molecule has 0 saturated carbocycles. The van der Waals surface area contributed by atoms with Gasteiger partial charge in [-0.05, 0) is 58.9 Å². The van der Waals surface area contributed by atoms with Crippen LogP contribution in [0.1, 0.15) is 45.0 Å². The number of nitrogens with zero attached hydrogens (tertiary/aromatic N) is 7. The molecule has 1 fully saturated rings. The average molecular weight is 547 g/mol. The van der Waals surface area contributed by atoms with Crippen molar-refractivity contribution in [3.63, 3.8) is 0 Å². The van der Waals surface area contributed by atoms with E-state index in [0.717, 1.165) is 11.2 Å². The number of hydrogen-bond donors (Lipinski definition) is 1. The van der Waals surface area contributed by atoms with Gasteiger partial charge in [0.15, 0.2) is 0 Å². The van der Waals surface area contributed by atoms with Crippen LogP contribution in [0.4, 0.5) is 16.2 Å². The zero-order valence-corrected chi connectivity index (χ0v) is 23.8. The van der Waals surface area contributed by atoms with Crippen molar-refractivity contribution in [3.8, 4) is 6.01 Å². The molecule has 2 amide bonds. The van der Waals surface area contributed by atoms with Crippen molar-refractivity contribution in [1.29, 1.82) is 0 Å². The number of carbonyl (C=O) groups excluding carboxylic acids is 2. The molecular formula is C28H34N8O4. The van der Waals surface area contributed by atoms with Crippen molar-refractivity contribution in [2.75, 3.05) is 30.4 Å². The van der Waals surface area contributed by atoms with Crippen LogP contribution in [0.3, 0.4) is 0 Å². The largest absolute Gasteiger partial charge is 0.467 e. The molecule has 40 heavy (non-hydrogen) atoms. The summed E-state index contributed by atoms with van der Waals surface area (Å²) in [5.41, 5.74) is 3.07. The number of aryl methyl sites for hydroxylation is 1. The zero-order chi connectivity index (χ0) is 28.8. The summed E-state index contributed by atoms with van der Waals surface area (Å²) in [6, 6.07) is 9.11. The lowest BCUT2D eigenvalue weighted by Crippen LogP contribution is -2.59. The fourth-order valence-electron chi connectivity index (χ4n) is 5.19. The third-order valence-corrected chi connectivity index (χ3v) is 6.89. The average Bonchev–Trinajstić information content (AvgIpc) is 3.27. The Morgan fingerprint density at radius 2 is 1.77 bits per heavy atom. The number of nitrogens with one attached hydrogen (secondary N) is 1. The van der Waals surface area contributed by atoms with Gasteiger partial charge in [-0.25, -0.2) is 14.5 Å². The Balaban J connectivity index is 1.48. The summed E-state index contributed by atoms with van der Waals surface area (Å²) < 4.78 is 12.6. The number of carbonyl (C=O) groups is 2. The Kier molecular flexibility index (Phi) is 6.94. The highest BCUT2D eigenvalue weighted by atomic mass is 16.6. The molecular weight excluding hydrogens is 512 g/mol. The van der Waals surface area contributed by atoms with Gasteiger partial charge in [0, 0.05) is 37.4 Å². The summed E-state index contributed by atoms with van der Waals surface area (Å²) in [6.07, 6.45) is 1.35. The molecule has 12 nitrogen and oxygen atoms in total. The molecule has 210 valence electrons. The summed E-state index contributed by atoms with van der Waals surface area (Å²) in [4.78, 5) is 39.3. The predicted molar refractivity (Wildman–Crippen MR) is 152 cm³/mol. The molecule has 0 bridgehead atoms. The Bertz CT molecular complexity index is 1580. The number of methoxy groups -OCH3 is 1. The Morgan fingerprint density at radius 3 is 2.45 bits per heavy atom. The standard InChI is InChI=1S/C28H34N8O4/c1-16-14-35(15-17(2)36(16)27(38)40-28(3,4)5)21-12-11-18(23-19(21)13-29-26(31-23)39-7)25(37)30-20-9-8-10-22-24(20)32-33-34(22)6/h8-13,16-17H,14-15H2,1-7H3,(H,30,37)/t16-,17+. The van der Waals surface area contributed by atoms with Gasteiger partial charge in [0.1, 0.15) is 11.1 Å². The SMILES string of the molecule is COc1ncc2c(N3C[C@@H](C)N(C(=O)OC(C)(C)C)[C@@H](C)C3)ccc(C(=O)Nc3cccc4c3nnn4C)c2n1. The summed E-state index contributed by atoms with van der Waals surface area (Å²) in [7, 11) is 3.28. The van der Waals surface area contributed by atoms with E-state index >= 15 is 0 Å². The molecule has 2 atom stereocenters. The Hall–Kier alpha value is -4.48. The number of benzene rings is 2. The van der Waals surface area contributed by atoms with Crippen LogP contribution in [-0.2, 0) is 11.8 Å². The van der Waals surface area contributed by atoms with Gasteiger partial charge in [-0.3, -0.25) is 9.69 Å². The number of ether oxygens (including phenoxy) is 2. The maximum atomic E-state index is 13.6. The second-order valence-corrected chi connectivity index (χ2v) is 11.1. The van der Waals surface area contributed by atoms with E-state index in [2.05, 4.69) is 30.5 Å². The summed E-state index contributed by atoms with van der Waals surface area (Å²) in [6.45, 7) is 10.7. The molecule has 0 radical (unpaired) electrons. The first-order chi connectivity index (χ1) is 19.0. The first-order valence-corrected chi connectivity index (χ1v) is 13.2. The first-order valence-electron chi connectivity index (χ1n) is 13.2. The van der Waals surface area contributed by atoms with E-state index in [4.69, 9.17) is 9.47 Å². The zero-order valence-electron chi connectivity index (χ0n) is 23.8. The lowest BCUT2D eigenvalue weighted by Gasteiger charge is -2.45. The monoisotopic (exact) mass is 546 g/mol. The smallest absolute Gasteiger partial charge is 0.410 e. The van der Waals surface area contributed by atoms with Gasteiger partial charge in [-0.1, -0.05) is 11.3 Å². The number of anilines is 2. The van der Waals surface area contributed by atoms with Gasteiger partial charge in [0.25, 0.3) is 5.91 Å². The molecule has 1 aliphatic heterocycles. The van der Waals surface area contributed by atoms with Gasteiger partial charge in [-0.2, -0.15) is 4.98 Å². The van der Waals surface area contributed by atoms with Crippen molar-refractivity contribution in [2.24, 2.45) is 7.05 Å². The molecule has 12 heteroatoms. The van der Waals surface area contributed by atoms with Gasteiger partial charge in [0.05, 0.1) is 41.5 Å². The third-order valence-electron chi connectivity index (χ3n) is 6.89. The fourth-order valence-corrected chi connectivity index (χ4v) is 5.19. The first kappa shape index (κ1) is 27.1. The lowest BCUT2D eigenvalue weighted by atomic mass is 10.0. The van der Waals surface area contributed by atoms with Crippen LogP contribution >= 0.6 is 0 Å². The molecule has 1 N–H and O–H groups in total. The molecule has 0 aliphatic carbocycles. The summed E-state index contributed by atoms with van der Waals surface area (Å²) in [5, 5.41) is 11.9. The molecule has 1 saturated heterocycles. The molecule has 3 heterocycles. The number of piperazine rings is 1. The molecule has 4 aromatic rings. The number of fused-ring (bicyclic) bond motifs is 2. The number of amides is 2. The van der Waals surface area contributed by atoms with E-state index < -0.39 is 5.60 Å². The normalized spacial score (nSPS) is 17.8. The van der Waals surface area contributed by atoms with Crippen molar-refractivity contribution in [1.82, 2.24) is 29.9 Å². The second kappa shape index (κ2) is 10.2. The lowest BCUT2D eigenvalue weighted by molar-refractivity contribution is 0.00567. The van der Waals surface area contributed by atoms with Gasteiger partial charge >= 0.3 is 12.1 Å². The van der Waals surface area contributed by atoms with Gasteiger partial charge in [0.2, 0.25) is 0 Å². The van der Waals surface area contributed by atoms with Crippen molar-refractivity contribution >= 4 is 45.3 Å². The molecule has 2 aromatic heterocycles. The molecule has 2 aromatic carbocycles. The highest BCUT2D eigenvalue weighted by Crippen LogP contribution is 2.33. The molecule has 0 spiro atoms. The van der Waals surface area contributed by atoms with Crippen LogP contribution in [0, 0.1) is 0 Å². The second-order valence-electron chi connectivity index (χ2n) is 11.1. The highest BCUT2D eigenvalue weighted by Gasteiger charge is 2.36. The van der Waals surface area contributed by atoms with E-state index in [-0.39, 0.29) is 30.1 Å². The quantitative estimate of drug-likeness (QED) is 0.404. The van der Waals surface area contributed by atoms with Crippen LogP contribution in [0.15, 0.2) is 36.5 Å². The molecule has 5 rings (SSSR count). The summed E-state index contributed by atoms with van der Waals surface area (Å²) >= 11 is 0. The Morgan fingerprint density at radius 1 is 1.05 bits per heavy atom. The predicted octanol–water partition coefficient (Wildman–Crippen LogP) is 4.01. The number of hydrogen-bond acceptors (Lipinski definition) is 9. The van der Waals surface area contributed by atoms with Crippen molar-refractivity contribution in [3.05, 3.63) is 42.1 Å². The van der Waals surface area contributed by atoms with E-state index in [1.807, 2.05) is 52.8 Å². The maximum Gasteiger partial charge on any atom is 0.410 e. The van der Waals surface area contributed by atoms with E-state index in [9.17, 15) is 9.59 Å². The molecule has 0 unspecified atom stereocenters. The van der Waals surface area contributed by atoms with E-state index in [0.29, 0.717) is 40.8 Å². The molecule has 1 aliphatic rings.